The van der Waals surface area contributed by atoms with Gasteiger partial charge in [0, 0.05) is 26.2 Å². The molecular formula is C13H23N3O2. The summed E-state index contributed by atoms with van der Waals surface area (Å²) in [5, 5.41) is 18.2. The van der Waals surface area contributed by atoms with Crippen molar-refractivity contribution in [1.82, 2.24) is 9.80 Å². The van der Waals surface area contributed by atoms with Crippen LogP contribution in [-0.2, 0) is 4.79 Å². The molecule has 1 atom stereocenters. The van der Waals surface area contributed by atoms with Gasteiger partial charge in [-0.2, -0.15) is 5.26 Å². The predicted molar refractivity (Wildman–Crippen MR) is 68.7 cm³/mol. The summed E-state index contributed by atoms with van der Waals surface area (Å²) in [4.78, 5) is 15.6. The summed E-state index contributed by atoms with van der Waals surface area (Å²) in [6, 6.07) is 2.30. The second-order valence-corrected chi connectivity index (χ2v) is 5.59. The van der Waals surface area contributed by atoms with Crippen LogP contribution >= 0.6 is 0 Å². The maximum atomic E-state index is 11.6. The molecule has 1 unspecified atom stereocenters. The highest BCUT2D eigenvalue weighted by atomic mass is 16.3. The monoisotopic (exact) mass is 253 g/mol. The molecule has 0 radical (unpaired) electrons. The Morgan fingerprint density at radius 1 is 1.39 bits per heavy atom. The van der Waals surface area contributed by atoms with Crippen LogP contribution in [-0.4, -0.2) is 59.6 Å². The number of rotatable bonds is 4. The minimum Gasteiger partial charge on any atom is -0.384 e. The van der Waals surface area contributed by atoms with E-state index >= 15 is 0 Å². The average molecular weight is 253 g/mol. The average Bonchev–Trinajstić information content (AvgIpc) is 2.36. The molecule has 18 heavy (non-hydrogen) atoms. The molecule has 1 amide bonds. The molecule has 0 aliphatic carbocycles. The number of piperazine rings is 1. The molecule has 1 fully saturated rings. The highest BCUT2D eigenvalue weighted by molar-refractivity contribution is 5.80. The summed E-state index contributed by atoms with van der Waals surface area (Å²) >= 11 is 0. The minimum atomic E-state index is -0.908. The number of amides is 1. The maximum Gasteiger partial charge on any atom is 0.251 e. The fourth-order valence-corrected chi connectivity index (χ4v) is 1.95. The van der Waals surface area contributed by atoms with Crippen LogP contribution < -0.4 is 0 Å². The van der Waals surface area contributed by atoms with Gasteiger partial charge in [-0.1, -0.05) is 0 Å². The van der Waals surface area contributed by atoms with Crippen molar-refractivity contribution in [1.29, 1.82) is 5.26 Å². The van der Waals surface area contributed by atoms with Crippen molar-refractivity contribution < 1.29 is 9.90 Å². The van der Waals surface area contributed by atoms with Crippen LogP contribution in [0.15, 0.2) is 0 Å². The fraction of sp³-hybridized carbons (Fsp3) is 0.846. The van der Waals surface area contributed by atoms with Crippen molar-refractivity contribution in [2.45, 2.75) is 33.3 Å². The SMILES string of the molecule is CC(O)C(=O)N1CCN(CCC(C)(C)C#N)CC1. The zero-order chi connectivity index (χ0) is 13.8. The lowest BCUT2D eigenvalue weighted by atomic mass is 9.91. The van der Waals surface area contributed by atoms with Gasteiger partial charge in [-0.05, 0) is 33.7 Å². The molecule has 1 heterocycles. The van der Waals surface area contributed by atoms with Crippen LogP contribution in [0.25, 0.3) is 0 Å². The second-order valence-electron chi connectivity index (χ2n) is 5.59. The van der Waals surface area contributed by atoms with Gasteiger partial charge < -0.3 is 10.0 Å². The van der Waals surface area contributed by atoms with E-state index in [1.54, 1.807) is 4.90 Å². The largest absolute Gasteiger partial charge is 0.384 e. The number of aliphatic hydroxyl groups is 1. The molecule has 5 nitrogen and oxygen atoms in total. The summed E-state index contributed by atoms with van der Waals surface area (Å²) < 4.78 is 0. The van der Waals surface area contributed by atoms with Crippen LogP contribution in [0.2, 0.25) is 0 Å². The van der Waals surface area contributed by atoms with Gasteiger partial charge in [0.2, 0.25) is 0 Å². The van der Waals surface area contributed by atoms with E-state index in [0.717, 1.165) is 26.1 Å². The van der Waals surface area contributed by atoms with Gasteiger partial charge in [0.15, 0.2) is 0 Å². The normalized spacial score (nSPS) is 19.4. The molecule has 0 bridgehead atoms. The van der Waals surface area contributed by atoms with Gasteiger partial charge in [0.1, 0.15) is 6.10 Å². The lowest BCUT2D eigenvalue weighted by molar-refractivity contribution is -0.141. The number of carbonyl (C=O) groups excluding carboxylic acids is 1. The quantitative estimate of drug-likeness (QED) is 0.790. The molecule has 1 N–H and O–H groups in total. The molecule has 0 aromatic heterocycles. The summed E-state index contributed by atoms with van der Waals surface area (Å²) in [7, 11) is 0. The minimum absolute atomic E-state index is 0.188. The molecule has 1 aliphatic heterocycles. The van der Waals surface area contributed by atoms with Crippen LogP contribution in [0.5, 0.6) is 0 Å². The van der Waals surface area contributed by atoms with E-state index in [0.29, 0.717) is 13.1 Å². The highest BCUT2D eigenvalue weighted by Gasteiger charge is 2.25. The van der Waals surface area contributed by atoms with Crippen molar-refractivity contribution >= 4 is 5.91 Å². The Hall–Kier alpha value is -1.12. The maximum absolute atomic E-state index is 11.6. The summed E-state index contributed by atoms with van der Waals surface area (Å²) in [6.07, 6.45) is -0.0671. The van der Waals surface area contributed by atoms with E-state index < -0.39 is 6.10 Å². The molecule has 0 aromatic rings. The van der Waals surface area contributed by atoms with Crippen molar-refractivity contribution in [3.8, 4) is 6.07 Å². The number of hydrogen-bond acceptors (Lipinski definition) is 4. The van der Waals surface area contributed by atoms with Crippen LogP contribution in [0.1, 0.15) is 27.2 Å². The molecule has 1 aliphatic rings. The van der Waals surface area contributed by atoms with E-state index in [1.807, 2.05) is 13.8 Å². The number of nitriles is 1. The van der Waals surface area contributed by atoms with E-state index in [-0.39, 0.29) is 11.3 Å². The first kappa shape index (κ1) is 14.9. The Morgan fingerprint density at radius 2 is 1.94 bits per heavy atom. The smallest absolute Gasteiger partial charge is 0.251 e. The third kappa shape index (κ3) is 4.28. The van der Waals surface area contributed by atoms with Crippen molar-refractivity contribution in [2.75, 3.05) is 32.7 Å². The predicted octanol–water partition coefficient (Wildman–Crippen LogP) is 0.451. The number of hydrogen-bond donors (Lipinski definition) is 1. The van der Waals surface area contributed by atoms with E-state index in [2.05, 4.69) is 11.0 Å². The Balaban J connectivity index is 2.32. The Bertz CT molecular complexity index is 326. The third-order valence-electron chi connectivity index (χ3n) is 3.40. The molecule has 1 saturated heterocycles. The van der Waals surface area contributed by atoms with E-state index in [9.17, 15) is 9.90 Å². The summed E-state index contributed by atoms with van der Waals surface area (Å²) in [5.74, 6) is -0.188. The zero-order valence-electron chi connectivity index (χ0n) is 11.5. The molecule has 0 saturated carbocycles. The van der Waals surface area contributed by atoms with E-state index in [1.165, 1.54) is 6.92 Å². The standard InChI is InChI=1S/C13H23N3O2/c1-11(17)12(18)16-8-6-15(7-9-16)5-4-13(2,3)10-14/h11,17H,4-9H2,1-3H3. The number of aliphatic hydroxyl groups excluding tert-OH is 1. The first-order valence-electron chi connectivity index (χ1n) is 6.46. The van der Waals surface area contributed by atoms with Crippen molar-refractivity contribution in [3.63, 3.8) is 0 Å². The first-order valence-corrected chi connectivity index (χ1v) is 6.46. The molecular weight excluding hydrogens is 230 g/mol. The second kappa shape index (κ2) is 6.17. The molecule has 1 rings (SSSR count). The summed E-state index contributed by atoms with van der Waals surface area (Å²) in [6.45, 7) is 9.25. The molecule has 0 aromatic carbocycles. The lowest BCUT2D eigenvalue weighted by Crippen LogP contribution is -2.51. The van der Waals surface area contributed by atoms with Gasteiger partial charge in [-0.3, -0.25) is 9.69 Å². The first-order chi connectivity index (χ1) is 8.35. The summed E-state index contributed by atoms with van der Waals surface area (Å²) in [5.41, 5.74) is -0.285. The fourth-order valence-electron chi connectivity index (χ4n) is 1.95. The topological polar surface area (TPSA) is 67.6 Å². The van der Waals surface area contributed by atoms with Gasteiger partial charge in [-0.15, -0.1) is 0 Å². The molecule has 102 valence electrons. The van der Waals surface area contributed by atoms with Crippen molar-refractivity contribution in [3.05, 3.63) is 0 Å². The van der Waals surface area contributed by atoms with E-state index in [4.69, 9.17) is 5.26 Å². The molecule has 5 heteroatoms. The zero-order valence-corrected chi connectivity index (χ0v) is 11.5. The number of carbonyl (C=O) groups is 1. The number of nitrogens with zero attached hydrogens (tertiary/aromatic N) is 3. The van der Waals surface area contributed by atoms with Gasteiger partial charge >= 0.3 is 0 Å². The highest BCUT2D eigenvalue weighted by Crippen LogP contribution is 2.19. The third-order valence-corrected chi connectivity index (χ3v) is 3.40. The Morgan fingerprint density at radius 3 is 2.39 bits per heavy atom. The lowest BCUT2D eigenvalue weighted by Gasteiger charge is -2.36. The Kier molecular flexibility index (Phi) is 5.12. The Labute approximate surface area is 109 Å². The van der Waals surface area contributed by atoms with Gasteiger partial charge in [0.05, 0.1) is 11.5 Å². The van der Waals surface area contributed by atoms with Crippen LogP contribution in [0, 0.1) is 16.7 Å². The van der Waals surface area contributed by atoms with Gasteiger partial charge in [-0.25, -0.2) is 0 Å². The molecule has 0 spiro atoms. The van der Waals surface area contributed by atoms with Gasteiger partial charge in [0.25, 0.3) is 5.91 Å². The van der Waals surface area contributed by atoms with Crippen LogP contribution in [0.3, 0.4) is 0 Å². The van der Waals surface area contributed by atoms with Crippen molar-refractivity contribution in [2.24, 2.45) is 5.41 Å². The van der Waals surface area contributed by atoms with Crippen LogP contribution in [0.4, 0.5) is 0 Å².